The lowest BCUT2D eigenvalue weighted by Gasteiger charge is -2.14. The van der Waals surface area contributed by atoms with E-state index in [0.29, 0.717) is 11.8 Å². The Labute approximate surface area is 123 Å². The predicted octanol–water partition coefficient (Wildman–Crippen LogP) is 5.41. The number of aryl methyl sites for hydroxylation is 1. The Morgan fingerprint density at radius 1 is 0.955 bits per heavy atom. The van der Waals surface area contributed by atoms with Crippen molar-refractivity contribution in [1.82, 2.24) is 0 Å². The maximum atomic E-state index is 12.6. The third-order valence-electron chi connectivity index (χ3n) is 2.70. The third kappa shape index (κ3) is 4.09. The molecule has 0 spiro atoms. The SMILES string of the molecule is Cc1cccc(Oc2ccc(C(F)(F)F)cc2OC(F)F)c1. The summed E-state index contributed by atoms with van der Waals surface area (Å²) in [6.07, 6.45) is -4.66. The molecule has 0 heterocycles. The lowest BCUT2D eigenvalue weighted by atomic mass is 10.2. The fourth-order valence-electron chi connectivity index (χ4n) is 1.76. The van der Waals surface area contributed by atoms with Crippen LogP contribution in [-0.4, -0.2) is 6.61 Å². The van der Waals surface area contributed by atoms with Gasteiger partial charge in [-0.1, -0.05) is 12.1 Å². The van der Waals surface area contributed by atoms with E-state index in [9.17, 15) is 22.0 Å². The summed E-state index contributed by atoms with van der Waals surface area (Å²) in [4.78, 5) is 0. The predicted molar refractivity (Wildman–Crippen MR) is 69.3 cm³/mol. The average molecular weight is 318 g/mol. The van der Waals surface area contributed by atoms with Crippen LogP contribution in [0.1, 0.15) is 11.1 Å². The van der Waals surface area contributed by atoms with Gasteiger partial charge in [-0.05, 0) is 42.8 Å². The molecule has 0 saturated heterocycles. The maximum absolute atomic E-state index is 12.6. The van der Waals surface area contributed by atoms with E-state index in [1.54, 1.807) is 31.2 Å². The van der Waals surface area contributed by atoms with Gasteiger partial charge in [-0.3, -0.25) is 0 Å². The molecule has 0 aliphatic heterocycles. The summed E-state index contributed by atoms with van der Waals surface area (Å²) in [6.45, 7) is -1.47. The summed E-state index contributed by atoms with van der Waals surface area (Å²) in [6, 6.07) is 8.79. The van der Waals surface area contributed by atoms with Crippen molar-refractivity contribution in [3.63, 3.8) is 0 Å². The minimum Gasteiger partial charge on any atom is -0.453 e. The van der Waals surface area contributed by atoms with Gasteiger partial charge in [0.1, 0.15) is 5.75 Å². The second-order valence-corrected chi connectivity index (χ2v) is 4.46. The first-order valence-electron chi connectivity index (χ1n) is 6.16. The Hall–Kier alpha value is -2.31. The van der Waals surface area contributed by atoms with Crippen LogP contribution in [0.15, 0.2) is 42.5 Å². The Bertz CT molecular complexity index is 653. The molecule has 0 fully saturated rings. The van der Waals surface area contributed by atoms with Gasteiger partial charge in [0.25, 0.3) is 0 Å². The van der Waals surface area contributed by atoms with E-state index < -0.39 is 24.1 Å². The van der Waals surface area contributed by atoms with Gasteiger partial charge in [0, 0.05) is 0 Å². The van der Waals surface area contributed by atoms with Crippen molar-refractivity contribution in [3.8, 4) is 17.2 Å². The van der Waals surface area contributed by atoms with Crippen LogP contribution in [0.25, 0.3) is 0 Å². The number of hydrogen-bond acceptors (Lipinski definition) is 2. The minimum absolute atomic E-state index is 0.223. The van der Waals surface area contributed by atoms with Crippen molar-refractivity contribution in [3.05, 3.63) is 53.6 Å². The summed E-state index contributed by atoms with van der Waals surface area (Å²) < 4.78 is 72.1. The van der Waals surface area contributed by atoms with Gasteiger partial charge in [-0.2, -0.15) is 22.0 Å². The molecule has 0 aliphatic carbocycles. The zero-order valence-corrected chi connectivity index (χ0v) is 11.3. The fourth-order valence-corrected chi connectivity index (χ4v) is 1.76. The number of halogens is 5. The molecule has 118 valence electrons. The molecule has 2 rings (SSSR count). The van der Waals surface area contributed by atoms with Crippen molar-refractivity contribution in [2.24, 2.45) is 0 Å². The first-order chi connectivity index (χ1) is 10.3. The van der Waals surface area contributed by atoms with Crippen LogP contribution in [0, 0.1) is 6.92 Å². The quantitative estimate of drug-likeness (QED) is 0.702. The van der Waals surface area contributed by atoms with Gasteiger partial charge in [0.2, 0.25) is 0 Å². The van der Waals surface area contributed by atoms with Gasteiger partial charge >= 0.3 is 12.8 Å². The molecule has 2 nitrogen and oxygen atoms in total. The van der Waals surface area contributed by atoms with Crippen molar-refractivity contribution in [2.75, 3.05) is 0 Å². The van der Waals surface area contributed by atoms with Gasteiger partial charge in [0.15, 0.2) is 11.5 Å². The molecule has 0 aliphatic rings. The molecule has 0 saturated carbocycles. The smallest absolute Gasteiger partial charge is 0.416 e. The van der Waals surface area contributed by atoms with E-state index in [1.807, 2.05) is 0 Å². The summed E-state index contributed by atoms with van der Waals surface area (Å²) >= 11 is 0. The molecule has 0 amide bonds. The van der Waals surface area contributed by atoms with Crippen LogP contribution in [0.3, 0.4) is 0 Å². The summed E-state index contributed by atoms with van der Waals surface area (Å²) in [5.74, 6) is -0.593. The average Bonchev–Trinajstić information content (AvgIpc) is 2.39. The zero-order chi connectivity index (χ0) is 16.3. The molecule has 0 N–H and O–H groups in total. The molecular weight excluding hydrogens is 307 g/mol. The monoisotopic (exact) mass is 318 g/mol. The lowest BCUT2D eigenvalue weighted by molar-refractivity contribution is -0.138. The van der Waals surface area contributed by atoms with E-state index in [-0.39, 0.29) is 5.75 Å². The van der Waals surface area contributed by atoms with E-state index >= 15 is 0 Å². The number of alkyl halides is 5. The van der Waals surface area contributed by atoms with Crippen LogP contribution < -0.4 is 9.47 Å². The Morgan fingerprint density at radius 3 is 2.27 bits per heavy atom. The second-order valence-electron chi connectivity index (χ2n) is 4.46. The molecule has 0 bridgehead atoms. The van der Waals surface area contributed by atoms with Crippen LogP contribution in [0.2, 0.25) is 0 Å². The van der Waals surface area contributed by atoms with Crippen LogP contribution in [0.5, 0.6) is 17.2 Å². The highest BCUT2D eigenvalue weighted by atomic mass is 19.4. The topological polar surface area (TPSA) is 18.5 Å². The molecular formula is C15H11F5O2. The number of ether oxygens (including phenoxy) is 2. The molecule has 2 aromatic carbocycles. The van der Waals surface area contributed by atoms with E-state index in [2.05, 4.69) is 4.74 Å². The van der Waals surface area contributed by atoms with Gasteiger partial charge in [-0.25, -0.2) is 0 Å². The molecule has 0 atom stereocenters. The Morgan fingerprint density at radius 2 is 1.68 bits per heavy atom. The van der Waals surface area contributed by atoms with Gasteiger partial charge in [0.05, 0.1) is 5.56 Å². The largest absolute Gasteiger partial charge is 0.453 e. The van der Waals surface area contributed by atoms with Crippen molar-refractivity contribution < 1.29 is 31.4 Å². The first-order valence-corrected chi connectivity index (χ1v) is 6.16. The molecule has 0 unspecified atom stereocenters. The number of hydrogen-bond donors (Lipinski definition) is 0. The van der Waals surface area contributed by atoms with Crippen LogP contribution in [-0.2, 0) is 6.18 Å². The second kappa shape index (κ2) is 6.21. The number of rotatable bonds is 4. The van der Waals surface area contributed by atoms with Gasteiger partial charge in [-0.15, -0.1) is 0 Å². The highest BCUT2D eigenvalue weighted by Gasteiger charge is 2.32. The Balaban J connectivity index is 2.37. The normalized spacial score (nSPS) is 11.6. The highest BCUT2D eigenvalue weighted by Crippen LogP contribution is 2.38. The van der Waals surface area contributed by atoms with Crippen molar-refractivity contribution in [1.29, 1.82) is 0 Å². The van der Waals surface area contributed by atoms with E-state index in [4.69, 9.17) is 4.74 Å². The van der Waals surface area contributed by atoms with Crippen LogP contribution >= 0.6 is 0 Å². The van der Waals surface area contributed by atoms with Crippen molar-refractivity contribution in [2.45, 2.75) is 19.7 Å². The highest BCUT2D eigenvalue weighted by molar-refractivity contribution is 5.46. The lowest BCUT2D eigenvalue weighted by Crippen LogP contribution is -2.08. The zero-order valence-electron chi connectivity index (χ0n) is 11.3. The Kier molecular flexibility index (Phi) is 4.54. The summed E-state index contributed by atoms with van der Waals surface area (Å²) in [5.41, 5.74) is -0.250. The summed E-state index contributed by atoms with van der Waals surface area (Å²) in [5, 5.41) is 0. The molecule has 7 heteroatoms. The molecule has 0 radical (unpaired) electrons. The summed E-state index contributed by atoms with van der Waals surface area (Å²) in [7, 11) is 0. The number of benzene rings is 2. The molecule has 2 aromatic rings. The van der Waals surface area contributed by atoms with Gasteiger partial charge < -0.3 is 9.47 Å². The van der Waals surface area contributed by atoms with Crippen molar-refractivity contribution >= 4 is 0 Å². The standard InChI is InChI=1S/C15H11F5O2/c1-9-3-2-4-11(7-9)21-12-6-5-10(15(18,19)20)8-13(12)22-14(16)17/h2-8,14H,1H3. The van der Waals surface area contributed by atoms with E-state index in [1.165, 1.54) is 0 Å². The van der Waals surface area contributed by atoms with E-state index in [0.717, 1.165) is 17.7 Å². The molecule has 22 heavy (non-hydrogen) atoms. The maximum Gasteiger partial charge on any atom is 0.416 e. The fraction of sp³-hybridized carbons (Fsp3) is 0.200. The first kappa shape index (κ1) is 16.1. The van der Waals surface area contributed by atoms with Crippen LogP contribution in [0.4, 0.5) is 22.0 Å². The minimum atomic E-state index is -4.66. The molecule has 0 aromatic heterocycles. The third-order valence-corrected chi connectivity index (χ3v) is 2.70.